The van der Waals surface area contributed by atoms with Gasteiger partial charge in [0.25, 0.3) is 0 Å². The summed E-state index contributed by atoms with van der Waals surface area (Å²) in [6.45, 7) is 4.01. The van der Waals surface area contributed by atoms with E-state index in [1.165, 1.54) is 0 Å². The summed E-state index contributed by atoms with van der Waals surface area (Å²) in [5.74, 6) is 1.10. The number of carbonyl (C=O) groups is 1. The minimum absolute atomic E-state index is 0.313. The molecule has 0 radical (unpaired) electrons. The number of hydrogen-bond donors (Lipinski definition) is 2. The Morgan fingerprint density at radius 2 is 1.94 bits per heavy atom. The van der Waals surface area contributed by atoms with E-state index in [4.69, 9.17) is 21.3 Å². The maximum atomic E-state index is 12.8. The van der Waals surface area contributed by atoms with Gasteiger partial charge in [0.05, 0.1) is 12.3 Å². The Morgan fingerprint density at radius 3 is 2.65 bits per heavy atom. The molecule has 4 aromatic rings. The second-order valence-corrected chi connectivity index (χ2v) is 7.77. The van der Waals surface area contributed by atoms with Crippen LogP contribution in [0.25, 0.3) is 17.0 Å². The van der Waals surface area contributed by atoms with Gasteiger partial charge in [-0.15, -0.1) is 4.68 Å². The lowest BCUT2D eigenvalue weighted by Gasteiger charge is -2.23. The molecular formula is C23H21ClN5O2+. The molecule has 0 saturated carbocycles. The van der Waals surface area contributed by atoms with E-state index in [0.29, 0.717) is 23.0 Å². The lowest BCUT2D eigenvalue weighted by molar-refractivity contribution is -0.745. The molecule has 2 aromatic carbocycles. The predicted molar refractivity (Wildman–Crippen MR) is 118 cm³/mol. The van der Waals surface area contributed by atoms with Crippen molar-refractivity contribution in [3.8, 4) is 11.3 Å². The van der Waals surface area contributed by atoms with Crippen LogP contribution in [-0.2, 0) is 9.53 Å². The van der Waals surface area contributed by atoms with Crippen LogP contribution in [0.2, 0.25) is 5.02 Å². The summed E-state index contributed by atoms with van der Waals surface area (Å²) >= 11 is 6.02. The highest BCUT2D eigenvalue weighted by Crippen LogP contribution is 2.32. The standard InChI is InChI=1S/C23H20ClN5O2/c1-3-31-21(30)19-14(2)25-23-28-13-18(15-9-11-17(24)12-10-15)26-22(28)27-29(23)20(19)16-7-5-4-6-8-16/h4-13,20H,3H2,1-2H3,(H,26,27)/p+1. The third-order valence-corrected chi connectivity index (χ3v) is 5.62. The number of aromatic nitrogens is 4. The van der Waals surface area contributed by atoms with E-state index in [1.54, 1.807) is 6.92 Å². The Labute approximate surface area is 183 Å². The minimum Gasteiger partial charge on any atom is -0.462 e. The number of esters is 1. The van der Waals surface area contributed by atoms with Gasteiger partial charge in [0, 0.05) is 10.6 Å². The van der Waals surface area contributed by atoms with Gasteiger partial charge < -0.3 is 4.74 Å². The van der Waals surface area contributed by atoms with Gasteiger partial charge in [-0.1, -0.05) is 54.1 Å². The van der Waals surface area contributed by atoms with E-state index >= 15 is 0 Å². The predicted octanol–water partition coefficient (Wildman–Crippen LogP) is 4.12. The number of benzene rings is 2. The van der Waals surface area contributed by atoms with E-state index in [-0.39, 0.29) is 12.0 Å². The van der Waals surface area contributed by atoms with E-state index in [0.717, 1.165) is 28.5 Å². The normalized spacial score (nSPS) is 15.6. The molecule has 1 aliphatic heterocycles. The maximum absolute atomic E-state index is 12.8. The number of halogens is 1. The van der Waals surface area contributed by atoms with Crippen molar-refractivity contribution in [1.29, 1.82) is 0 Å². The quantitative estimate of drug-likeness (QED) is 0.374. The first-order valence-corrected chi connectivity index (χ1v) is 10.4. The van der Waals surface area contributed by atoms with Crippen molar-refractivity contribution in [2.45, 2.75) is 19.9 Å². The van der Waals surface area contributed by atoms with Crippen LogP contribution in [0.1, 0.15) is 25.5 Å². The fourth-order valence-electron chi connectivity index (χ4n) is 3.96. The molecule has 1 atom stereocenters. The smallest absolute Gasteiger partial charge is 0.388 e. The zero-order chi connectivity index (χ0) is 21.5. The van der Waals surface area contributed by atoms with E-state index in [9.17, 15) is 4.79 Å². The average molecular weight is 435 g/mol. The van der Waals surface area contributed by atoms with Gasteiger partial charge in [0.15, 0.2) is 6.04 Å². The van der Waals surface area contributed by atoms with Crippen LogP contribution in [-0.4, -0.2) is 27.1 Å². The number of fused-ring (bicyclic) bond motifs is 3. The van der Waals surface area contributed by atoms with Crippen molar-refractivity contribution in [2.75, 3.05) is 11.9 Å². The van der Waals surface area contributed by atoms with Crippen molar-refractivity contribution in [3.63, 3.8) is 0 Å². The molecule has 0 bridgehead atoms. The number of hydrogen-bond acceptors (Lipinski definition) is 4. The van der Waals surface area contributed by atoms with Crippen LogP contribution in [0.4, 0.5) is 5.95 Å². The van der Waals surface area contributed by atoms with Gasteiger partial charge in [-0.2, -0.15) is 9.38 Å². The highest BCUT2D eigenvalue weighted by Gasteiger charge is 2.40. The number of imidazole rings is 1. The summed E-state index contributed by atoms with van der Waals surface area (Å²) in [6.07, 6.45) is 1.96. The fraction of sp³-hybridized carbons (Fsp3) is 0.174. The Bertz CT molecular complexity index is 1310. The summed E-state index contributed by atoms with van der Waals surface area (Å²) in [6, 6.07) is 17.1. The molecule has 0 saturated heterocycles. The Hall–Kier alpha value is -3.58. The van der Waals surface area contributed by atoms with E-state index < -0.39 is 0 Å². The van der Waals surface area contributed by atoms with Gasteiger partial charge in [-0.25, -0.2) is 15.2 Å². The molecule has 0 fully saturated rings. The first-order valence-electron chi connectivity index (χ1n) is 10.0. The third kappa shape index (κ3) is 3.27. The van der Waals surface area contributed by atoms with Gasteiger partial charge in [0.2, 0.25) is 0 Å². The molecule has 1 aliphatic rings. The fourth-order valence-corrected chi connectivity index (χ4v) is 4.08. The Balaban J connectivity index is 1.66. The molecule has 0 aliphatic carbocycles. The van der Waals surface area contributed by atoms with Crippen LogP contribution >= 0.6 is 11.6 Å². The average Bonchev–Trinajstić information content (AvgIpc) is 3.33. The van der Waals surface area contributed by atoms with Gasteiger partial charge in [-0.3, -0.25) is 0 Å². The number of allylic oxidation sites excluding steroid dienone is 1. The van der Waals surface area contributed by atoms with Crippen LogP contribution in [0.15, 0.2) is 72.1 Å². The van der Waals surface area contributed by atoms with Crippen molar-refractivity contribution in [1.82, 2.24) is 14.5 Å². The minimum atomic E-state index is -0.364. The van der Waals surface area contributed by atoms with Crippen LogP contribution in [0, 0.1) is 0 Å². The maximum Gasteiger partial charge on any atom is 0.388 e. The SMILES string of the molecule is CCOC(=O)C1=C(C)Nc2n3cc(-c4ccc(Cl)cc4)nc3[nH][n+]2C1c1ccccc1. The van der Waals surface area contributed by atoms with E-state index in [2.05, 4.69) is 10.4 Å². The lowest BCUT2D eigenvalue weighted by atomic mass is 9.96. The van der Waals surface area contributed by atoms with Gasteiger partial charge >= 0.3 is 17.7 Å². The summed E-state index contributed by atoms with van der Waals surface area (Å²) in [5.41, 5.74) is 4.07. The van der Waals surface area contributed by atoms with E-state index in [1.807, 2.05) is 76.8 Å². The number of H-pyrrole nitrogens is 1. The molecule has 7 nitrogen and oxygen atoms in total. The number of anilines is 1. The zero-order valence-electron chi connectivity index (χ0n) is 17.1. The van der Waals surface area contributed by atoms with Gasteiger partial charge in [-0.05, 0) is 31.5 Å². The topological polar surface area (TPSA) is 75.3 Å². The zero-order valence-corrected chi connectivity index (χ0v) is 17.8. The van der Waals surface area contributed by atoms with Crippen LogP contribution in [0.3, 0.4) is 0 Å². The first kappa shape index (κ1) is 19.4. The number of nitrogens with one attached hydrogen (secondary N) is 2. The monoisotopic (exact) mass is 434 g/mol. The molecule has 0 spiro atoms. The van der Waals surface area contributed by atoms with Crippen molar-refractivity contribution in [2.24, 2.45) is 0 Å². The highest BCUT2D eigenvalue weighted by molar-refractivity contribution is 6.30. The summed E-state index contributed by atoms with van der Waals surface area (Å²) in [4.78, 5) is 17.6. The summed E-state index contributed by atoms with van der Waals surface area (Å²) in [5, 5.41) is 7.39. The Morgan fingerprint density at radius 1 is 1.19 bits per heavy atom. The molecule has 2 aromatic heterocycles. The molecule has 31 heavy (non-hydrogen) atoms. The molecule has 1 unspecified atom stereocenters. The van der Waals surface area contributed by atoms with Crippen molar-refractivity contribution >= 4 is 29.3 Å². The first-order chi connectivity index (χ1) is 15.1. The molecule has 0 amide bonds. The second-order valence-electron chi connectivity index (χ2n) is 7.33. The third-order valence-electron chi connectivity index (χ3n) is 5.37. The molecule has 5 rings (SSSR count). The second kappa shape index (κ2) is 7.59. The lowest BCUT2D eigenvalue weighted by Crippen LogP contribution is -2.50. The molecule has 8 heteroatoms. The number of carbonyl (C=O) groups excluding carboxylic acids is 1. The van der Waals surface area contributed by atoms with Gasteiger partial charge in [0.1, 0.15) is 17.5 Å². The van der Waals surface area contributed by atoms with Crippen LogP contribution < -0.4 is 10.00 Å². The highest BCUT2D eigenvalue weighted by atomic mass is 35.5. The number of nitrogens with zero attached hydrogens (tertiary/aromatic N) is 3. The Kier molecular flexibility index (Phi) is 4.75. The summed E-state index contributed by atoms with van der Waals surface area (Å²) in [7, 11) is 0. The number of aromatic amines is 1. The van der Waals surface area contributed by atoms with Crippen molar-refractivity contribution in [3.05, 3.63) is 82.7 Å². The molecule has 156 valence electrons. The summed E-state index contributed by atoms with van der Waals surface area (Å²) < 4.78 is 9.23. The number of ether oxygens (including phenoxy) is 1. The number of rotatable bonds is 4. The largest absolute Gasteiger partial charge is 0.462 e. The molecular weight excluding hydrogens is 414 g/mol. The van der Waals surface area contributed by atoms with Crippen molar-refractivity contribution < 1.29 is 14.2 Å². The molecule has 3 heterocycles. The van der Waals surface area contributed by atoms with Crippen LogP contribution in [0.5, 0.6) is 0 Å². The molecule has 2 N–H and O–H groups in total.